The SMILES string of the molecule is Cc1cc2occ(CC(=O)NC3CNCCC3C)c2cc1C.Cl. The topological polar surface area (TPSA) is 54.3 Å². The molecule has 4 nitrogen and oxygen atoms in total. The van der Waals surface area contributed by atoms with Crippen molar-refractivity contribution < 1.29 is 9.21 Å². The van der Waals surface area contributed by atoms with E-state index in [1.807, 2.05) is 6.07 Å². The van der Waals surface area contributed by atoms with Crippen LogP contribution in [-0.4, -0.2) is 25.0 Å². The van der Waals surface area contributed by atoms with Crippen LogP contribution < -0.4 is 10.6 Å². The zero-order chi connectivity index (χ0) is 15.7. The number of hydrogen-bond acceptors (Lipinski definition) is 3. The lowest BCUT2D eigenvalue weighted by Gasteiger charge is -2.30. The summed E-state index contributed by atoms with van der Waals surface area (Å²) in [7, 11) is 0. The lowest BCUT2D eigenvalue weighted by molar-refractivity contribution is -0.121. The number of nitrogens with one attached hydrogen (secondary N) is 2. The van der Waals surface area contributed by atoms with Crippen LogP contribution >= 0.6 is 12.4 Å². The molecule has 2 unspecified atom stereocenters. The first-order valence-corrected chi connectivity index (χ1v) is 8.02. The van der Waals surface area contributed by atoms with E-state index in [4.69, 9.17) is 4.42 Å². The van der Waals surface area contributed by atoms with Gasteiger partial charge in [-0.1, -0.05) is 6.92 Å². The first-order chi connectivity index (χ1) is 10.5. The van der Waals surface area contributed by atoms with Gasteiger partial charge in [0.1, 0.15) is 5.58 Å². The van der Waals surface area contributed by atoms with Crippen molar-refractivity contribution in [2.24, 2.45) is 5.92 Å². The number of aryl methyl sites for hydroxylation is 2. The standard InChI is InChI=1S/C18H24N2O2.ClH/c1-11-4-5-19-9-16(11)20-18(21)8-14-10-22-17-7-13(3)12(2)6-15(14)17;/h6-7,10-11,16,19H,4-5,8-9H2,1-3H3,(H,20,21);1H. The summed E-state index contributed by atoms with van der Waals surface area (Å²) in [5.74, 6) is 0.595. The van der Waals surface area contributed by atoms with Crippen LogP contribution in [0.2, 0.25) is 0 Å². The highest BCUT2D eigenvalue weighted by molar-refractivity contribution is 5.88. The van der Waals surface area contributed by atoms with Crippen LogP contribution in [0, 0.1) is 19.8 Å². The smallest absolute Gasteiger partial charge is 0.224 e. The fourth-order valence-corrected chi connectivity index (χ4v) is 3.09. The Morgan fingerprint density at radius 3 is 2.83 bits per heavy atom. The molecule has 126 valence electrons. The minimum Gasteiger partial charge on any atom is -0.464 e. The van der Waals surface area contributed by atoms with E-state index < -0.39 is 0 Å². The van der Waals surface area contributed by atoms with Gasteiger partial charge < -0.3 is 15.1 Å². The molecule has 5 heteroatoms. The van der Waals surface area contributed by atoms with Crippen molar-refractivity contribution in [1.82, 2.24) is 10.6 Å². The lowest BCUT2D eigenvalue weighted by Crippen LogP contribution is -2.50. The first kappa shape index (κ1) is 17.8. The van der Waals surface area contributed by atoms with Gasteiger partial charge in [0, 0.05) is 23.5 Å². The summed E-state index contributed by atoms with van der Waals surface area (Å²) >= 11 is 0. The van der Waals surface area contributed by atoms with Crippen molar-refractivity contribution in [1.29, 1.82) is 0 Å². The maximum absolute atomic E-state index is 12.3. The molecule has 0 radical (unpaired) electrons. The zero-order valence-corrected chi connectivity index (χ0v) is 14.8. The van der Waals surface area contributed by atoms with Gasteiger partial charge in [0.2, 0.25) is 5.91 Å². The fraction of sp³-hybridized carbons (Fsp3) is 0.500. The molecule has 2 N–H and O–H groups in total. The largest absolute Gasteiger partial charge is 0.464 e. The minimum atomic E-state index is 0. The second kappa shape index (κ2) is 7.37. The van der Waals surface area contributed by atoms with E-state index in [0.29, 0.717) is 12.3 Å². The van der Waals surface area contributed by atoms with Crippen LogP contribution in [0.3, 0.4) is 0 Å². The predicted molar refractivity (Wildman–Crippen MR) is 95.2 cm³/mol. The average Bonchev–Trinajstić information content (AvgIpc) is 2.84. The van der Waals surface area contributed by atoms with Crippen LogP contribution in [0.25, 0.3) is 11.0 Å². The number of benzene rings is 1. The number of hydrogen-bond donors (Lipinski definition) is 2. The molecule has 2 heterocycles. The summed E-state index contributed by atoms with van der Waals surface area (Å²) in [5.41, 5.74) is 4.26. The van der Waals surface area contributed by atoms with Gasteiger partial charge in [-0.25, -0.2) is 0 Å². The monoisotopic (exact) mass is 336 g/mol. The molecular weight excluding hydrogens is 312 g/mol. The number of rotatable bonds is 3. The summed E-state index contributed by atoms with van der Waals surface area (Å²) < 4.78 is 5.60. The molecule has 1 saturated heterocycles. The van der Waals surface area contributed by atoms with Gasteiger partial charge >= 0.3 is 0 Å². The summed E-state index contributed by atoms with van der Waals surface area (Å²) in [4.78, 5) is 12.3. The Morgan fingerprint density at radius 2 is 2.09 bits per heavy atom. The van der Waals surface area contributed by atoms with Gasteiger partial charge in [-0.15, -0.1) is 12.4 Å². The summed E-state index contributed by atoms with van der Waals surface area (Å²) in [6.07, 6.45) is 3.20. The Kier molecular flexibility index (Phi) is 5.71. The van der Waals surface area contributed by atoms with E-state index in [2.05, 4.69) is 37.5 Å². The molecule has 3 rings (SSSR count). The molecule has 1 fully saturated rings. The van der Waals surface area contributed by atoms with Crippen LogP contribution in [0.4, 0.5) is 0 Å². The van der Waals surface area contributed by atoms with Gasteiger partial charge in [0.05, 0.1) is 12.7 Å². The second-order valence-electron chi connectivity index (χ2n) is 6.51. The number of fused-ring (bicyclic) bond motifs is 1. The maximum Gasteiger partial charge on any atom is 0.224 e. The van der Waals surface area contributed by atoms with Gasteiger partial charge in [-0.2, -0.15) is 0 Å². The van der Waals surface area contributed by atoms with Crippen LogP contribution in [-0.2, 0) is 11.2 Å². The number of halogens is 1. The van der Waals surface area contributed by atoms with Crippen molar-refractivity contribution in [3.63, 3.8) is 0 Å². The predicted octanol–water partition coefficient (Wildman–Crippen LogP) is 3.13. The van der Waals surface area contributed by atoms with Gasteiger partial charge in [0.15, 0.2) is 0 Å². The molecule has 1 aromatic carbocycles. The molecule has 1 aliphatic heterocycles. The summed E-state index contributed by atoms with van der Waals surface area (Å²) in [6.45, 7) is 8.25. The molecule has 0 spiro atoms. The maximum atomic E-state index is 12.3. The van der Waals surface area contributed by atoms with Crippen molar-refractivity contribution in [3.8, 4) is 0 Å². The Bertz CT molecular complexity index is 696. The second-order valence-corrected chi connectivity index (χ2v) is 6.51. The molecule has 0 aliphatic carbocycles. The highest BCUT2D eigenvalue weighted by atomic mass is 35.5. The fourth-order valence-electron chi connectivity index (χ4n) is 3.09. The number of carbonyl (C=O) groups is 1. The number of piperidine rings is 1. The molecule has 1 aromatic heterocycles. The Labute approximate surface area is 143 Å². The van der Waals surface area contributed by atoms with Crippen LogP contribution in [0.5, 0.6) is 0 Å². The Balaban J connectivity index is 0.00000192. The number of furan rings is 1. The van der Waals surface area contributed by atoms with Crippen molar-refractivity contribution in [3.05, 3.63) is 35.1 Å². The highest BCUT2D eigenvalue weighted by Gasteiger charge is 2.23. The molecule has 23 heavy (non-hydrogen) atoms. The molecular formula is C18H25ClN2O2. The zero-order valence-electron chi connectivity index (χ0n) is 13.9. The minimum absolute atomic E-state index is 0. The van der Waals surface area contributed by atoms with Crippen molar-refractivity contribution in [2.75, 3.05) is 13.1 Å². The van der Waals surface area contributed by atoms with Crippen LogP contribution in [0.15, 0.2) is 22.8 Å². The van der Waals surface area contributed by atoms with Crippen molar-refractivity contribution in [2.45, 2.75) is 39.7 Å². The normalized spacial score (nSPS) is 21.0. The molecule has 1 aliphatic rings. The van der Waals surface area contributed by atoms with E-state index in [0.717, 1.165) is 36.0 Å². The van der Waals surface area contributed by atoms with E-state index in [1.165, 1.54) is 11.1 Å². The Hall–Kier alpha value is -1.52. The van der Waals surface area contributed by atoms with E-state index in [9.17, 15) is 4.79 Å². The third-order valence-electron chi connectivity index (χ3n) is 4.79. The quantitative estimate of drug-likeness (QED) is 0.905. The molecule has 2 atom stereocenters. The molecule has 1 amide bonds. The molecule has 2 aromatic rings. The average molecular weight is 337 g/mol. The molecule has 0 bridgehead atoms. The van der Waals surface area contributed by atoms with E-state index >= 15 is 0 Å². The number of carbonyl (C=O) groups excluding carboxylic acids is 1. The summed E-state index contributed by atoms with van der Waals surface area (Å²) in [6, 6.07) is 4.38. The van der Waals surface area contributed by atoms with Gasteiger partial charge in [0.25, 0.3) is 0 Å². The van der Waals surface area contributed by atoms with E-state index in [-0.39, 0.29) is 24.4 Å². The first-order valence-electron chi connectivity index (χ1n) is 8.02. The van der Waals surface area contributed by atoms with Crippen LogP contribution in [0.1, 0.15) is 30.0 Å². The van der Waals surface area contributed by atoms with Gasteiger partial charge in [-0.05, 0) is 56.0 Å². The number of amides is 1. The third kappa shape index (κ3) is 3.88. The highest BCUT2D eigenvalue weighted by Crippen LogP contribution is 2.25. The van der Waals surface area contributed by atoms with E-state index in [1.54, 1.807) is 6.26 Å². The third-order valence-corrected chi connectivity index (χ3v) is 4.79. The molecule has 0 saturated carbocycles. The Morgan fingerprint density at radius 1 is 1.35 bits per heavy atom. The lowest BCUT2D eigenvalue weighted by atomic mass is 9.94. The van der Waals surface area contributed by atoms with Crippen molar-refractivity contribution >= 4 is 29.3 Å². The summed E-state index contributed by atoms with van der Waals surface area (Å²) in [5, 5.41) is 7.54. The van der Waals surface area contributed by atoms with Gasteiger partial charge in [-0.3, -0.25) is 4.79 Å².